The molecule has 2 rings (SSSR count). The molecule has 2 N–H and O–H groups in total. The standard InChI is InChI=1S/C15H30N2O4/c1-13(10-17-4-7-19-8-5-17)16-9-14(18)11-20-12-15-3-2-6-21-15/h13-16,18H,2-12H2,1H3. The molecule has 0 aliphatic carbocycles. The molecule has 21 heavy (non-hydrogen) atoms. The van der Waals surface area contributed by atoms with Crippen LogP contribution >= 0.6 is 0 Å². The van der Waals surface area contributed by atoms with Crippen LogP contribution in [-0.2, 0) is 14.2 Å². The van der Waals surface area contributed by atoms with E-state index in [-0.39, 0.29) is 6.10 Å². The van der Waals surface area contributed by atoms with Crippen LogP contribution in [0.5, 0.6) is 0 Å². The van der Waals surface area contributed by atoms with Gasteiger partial charge in [0, 0.05) is 38.8 Å². The SMILES string of the molecule is CC(CN1CCOCC1)NCC(O)COCC1CCCO1. The van der Waals surface area contributed by atoms with Crippen molar-refractivity contribution in [2.24, 2.45) is 0 Å². The summed E-state index contributed by atoms with van der Waals surface area (Å²) in [5, 5.41) is 13.3. The maximum Gasteiger partial charge on any atom is 0.0897 e. The number of hydrogen-bond donors (Lipinski definition) is 2. The third-order valence-corrected chi connectivity index (χ3v) is 3.98. The number of nitrogens with zero attached hydrogens (tertiary/aromatic N) is 1. The lowest BCUT2D eigenvalue weighted by atomic mass is 10.2. The second-order valence-corrected chi connectivity index (χ2v) is 6.05. The molecular weight excluding hydrogens is 272 g/mol. The van der Waals surface area contributed by atoms with Crippen molar-refractivity contribution in [3.63, 3.8) is 0 Å². The molecule has 0 spiro atoms. The Morgan fingerprint density at radius 1 is 1.33 bits per heavy atom. The highest BCUT2D eigenvalue weighted by atomic mass is 16.5. The number of aliphatic hydroxyl groups is 1. The van der Waals surface area contributed by atoms with E-state index in [1.54, 1.807) is 0 Å². The summed E-state index contributed by atoms with van der Waals surface area (Å²) >= 11 is 0. The summed E-state index contributed by atoms with van der Waals surface area (Å²) in [6, 6.07) is 0.357. The molecule has 0 aromatic carbocycles. The van der Waals surface area contributed by atoms with Crippen molar-refractivity contribution in [2.45, 2.75) is 38.0 Å². The maximum atomic E-state index is 9.92. The van der Waals surface area contributed by atoms with Crippen LogP contribution in [0, 0.1) is 0 Å². The average Bonchev–Trinajstić information content (AvgIpc) is 2.99. The minimum absolute atomic E-state index is 0.227. The lowest BCUT2D eigenvalue weighted by molar-refractivity contribution is -0.0174. The molecule has 0 aromatic rings. The van der Waals surface area contributed by atoms with Gasteiger partial charge in [-0.15, -0.1) is 0 Å². The Labute approximate surface area is 127 Å². The van der Waals surface area contributed by atoms with Crippen LogP contribution in [0.25, 0.3) is 0 Å². The molecule has 2 aliphatic rings. The van der Waals surface area contributed by atoms with Gasteiger partial charge in [-0.1, -0.05) is 0 Å². The van der Waals surface area contributed by atoms with Gasteiger partial charge in [-0.25, -0.2) is 0 Å². The highest BCUT2D eigenvalue weighted by Crippen LogP contribution is 2.11. The molecule has 0 aromatic heterocycles. The van der Waals surface area contributed by atoms with E-state index in [4.69, 9.17) is 14.2 Å². The Kier molecular flexibility index (Phi) is 7.92. The monoisotopic (exact) mass is 302 g/mol. The molecule has 2 fully saturated rings. The summed E-state index contributed by atoms with van der Waals surface area (Å²) in [6.45, 7) is 9.17. The van der Waals surface area contributed by atoms with E-state index in [1.165, 1.54) is 0 Å². The first kappa shape index (κ1) is 17.1. The summed E-state index contributed by atoms with van der Waals surface area (Å²) in [4.78, 5) is 2.39. The van der Waals surface area contributed by atoms with Crippen molar-refractivity contribution in [3.8, 4) is 0 Å². The zero-order valence-corrected chi connectivity index (χ0v) is 13.1. The second kappa shape index (κ2) is 9.71. The van der Waals surface area contributed by atoms with E-state index >= 15 is 0 Å². The summed E-state index contributed by atoms with van der Waals surface area (Å²) in [5.41, 5.74) is 0. The van der Waals surface area contributed by atoms with Crippen LogP contribution in [0.15, 0.2) is 0 Å². The molecule has 3 atom stereocenters. The second-order valence-electron chi connectivity index (χ2n) is 6.05. The molecule has 0 amide bonds. The van der Waals surface area contributed by atoms with Crippen molar-refractivity contribution >= 4 is 0 Å². The van der Waals surface area contributed by atoms with E-state index < -0.39 is 6.10 Å². The predicted octanol–water partition coefficient (Wildman–Crippen LogP) is -0.147. The van der Waals surface area contributed by atoms with Crippen LogP contribution in [0.1, 0.15) is 19.8 Å². The summed E-state index contributed by atoms with van der Waals surface area (Å²) in [7, 11) is 0. The van der Waals surface area contributed by atoms with Crippen LogP contribution in [0.4, 0.5) is 0 Å². The highest BCUT2D eigenvalue weighted by Gasteiger charge is 2.17. The largest absolute Gasteiger partial charge is 0.389 e. The van der Waals surface area contributed by atoms with Gasteiger partial charge < -0.3 is 24.6 Å². The van der Waals surface area contributed by atoms with Crippen LogP contribution in [0.2, 0.25) is 0 Å². The van der Waals surface area contributed by atoms with Gasteiger partial charge in [0.2, 0.25) is 0 Å². The molecule has 0 bridgehead atoms. The minimum atomic E-state index is -0.460. The lowest BCUT2D eigenvalue weighted by Crippen LogP contribution is -2.46. The highest BCUT2D eigenvalue weighted by molar-refractivity contribution is 4.72. The van der Waals surface area contributed by atoms with Crippen LogP contribution < -0.4 is 5.32 Å². The van der Waals surface area contributed by atoms with Crippen molar-refractivity contribution in [3.05, 3.63) is 0 Å². The van der Waals surface area contributed by atoms with Gasteiger partial charge in [-0.3, -0.25) is 4.90 Å². The predicted molar refractivity (Wildman–Crippen MR) is 80.5 cm³/mol. The molecular formula is C15H30N2O4. The molecule has 124 valence electrons. The van der Waals surface area contributed by atoms with Gasteiger partial charge >= 0.3 is 0 Å². The lowest BCUT2D eigenvalue weighted by Gasteiger charge is -2.29. The van der Waals surface area contributed by atoms with Gasteiger partial charge in [0.1, 0.15) is 0 Å². The fraction of sp³-hybridized carbons (Fsp3) is 1.00. The molecule has 2 saturated heterocycles. The van der Waals surface area contributed by atoms with Crippen molar-refractivity contribution in [1.82, 2.24) is 10.2 Å². The van der Waals surface area contributed by atoms with Crippen molar-refractivity contribution in [2.75, 3.05) is 59.2 Å². The van der Waals surface area contributed by atoms with Gasteiger partial charge in [-0.05, 0) is 19.8 Å². The Balaban J connectivity index is 1.48. The number of nitrogens with one attached hydrogen (secondary N) is 1. The molecule has 0 radical (unpaired) electrons. The van der Waals surface area contributed by atoms with Crippen molar-refractivity contribution in [1.29, 1.82) is 0 Å². The average molecular weight is 302 g/mol. The van der Waals surface area contributed by atoms with E-state index in [0.717, 1.165) is 52.3 Å². The first-order chi connectivity index (χ1) is 10.2. The quantitative estimate of drug-likeness (QED) is 0.618. The zero-order chi connectivity index (χ0) is 14.9. The summed E-state index contributed by atoms with van der Waals surface area (Å²) in [5.74, 6) is 0. The van der Waals surface area contributed by atoms with Gasteiger partial charge in [0.05, 0.1) is 38.6 Å². The number of ether oxygens (including phenoxy) is 3. The van der Waals surface area contributed by atoms with E-state index in [2.05, 4.69) is 17.1 Å². The Morgan fingerprint density at radius 2 is 2.14 bits per heavy atom. The summed E-state index contributed by atoms with van der Waals surface area (Å²) in [6.07, 6.45) is 1.96. The Bertz CT molecular complexity index is 268. The van der Waals surface area contributed by atoms with Gasteiger partial charge in [-0.2, -0.15) is 0 Å². The van der Waals surface area contributed by atoms with E-state index in [9.17, 15) is 5.11 Å². The third kappa shape index (κ3) is 7.04. The van der Waals surface area contributed by atoms with E-state index in [0.29, 0.717) is 25.8 Å². The van der Waals surface area contributed by atoms with E-state index in [1.807, 2.05) is 0 Å². The molecule has 6 heteroatoms. The van der Waals surface area contributed by atoms with Gasteiger partial charge in [0.25, 0.3) is 0 Å². The van der Waals surface area contributed by atoms with Crippen LogP contribution in [0.3, 0.4) is 0 Å². The third-order valence-electron chi connectivity index (χ3n) is 3.98. The molecule has 2 aliphatic heterocycles. The first-order valence-corrected chi connectivity index (χ1v) is 8.15. The van der Waals surface area contributed by atoms with Crippen molar-refractivity contribution < 1.29 is 19.3 Å². The maximum absolute atomic E-state index is 9.92. The zero-order valence-electron chi connectivity index (χ0n) is 13.1. The Morgan fingerprint density at radius 3 is 2.86 bits per heavy atom. The smallest absolute Gasteiger partial charge is 0.0897 e. The molecule has 0 saturated carbocycles. The normalized spacial score (nSPS) is 26.9. The number of morpholine rings is 1. The van der Waals surface area contributed by atoms with Gasteiger partial charge in [0.15, 0.2) is 0 Å². The van der Waals surface area contributed by atoms with Crippen LogP contribution in [-0.4, -0.2) is 87.5 Å². The molecule has 3 unspecified atom stereocenters. The summed E-state index contributed by atoms with van der Waals surface area (Å²) < 4.78 is 16.3. The minimum Gasteiger partial charge on any atom is -0.389 e. The Hall–Kier alpha value is -0.240. The molecule has 2 heterocycles. The topological polar surface area (TPSA) is 63.2 Å². The number of aliphatic hydroxyl groups excluding tert-OH is 1. The first-order valence-electron chi connectivity index (χ1n) is 8.15. The number of rotatable bonds is 9. The molecule has 6 nitrogen and oxygen atoms in total. The fourth-order valence-electron chi connectivity index (χ4n) is 2.74. The number of hydrogen-bond acceptors (Lipinski definition) is 6. The fourth-order valence-corrected chi connectivity index (χ4v) is 2.74.